The number of aromatic nitrogens is 1. The molecule has 7 heteroatoms. The predicted octanol–water partition coefficient (Wildman–Crippen LogP) is 0.946. The summed E-state index contributed by atoms with van der Waals surface area (Å²) in [6.45, 7) is 3.51. The fraction of sp³-hybridized carbons (Fsp3) is 0.688. The van der Waals surface area contributed by atoms with Crippen LogP contribution in [-0.4, -0.2) is 69.7 Å². The van der Waals surface area contributed by atoms with E-state index in [2.05, 4.69) is 39.7 Å². The Bertz CT molecular complexity index is 579. The van der Waals surface area contributed by atoms with Crippen LogP contribution in [0, 0.1) is 5.92 Å². The van der Waals surface area contributed by atoms with Crippen LogP contribution >= 0.6 is 0 Å². The first-order valence-corrected chi connectivity index (χ1v) is 9.99. The minimum Gasteiger partial charge on any atom is -0.306 e. The molecule has 1 aromatic heterocycles. The van der Waals surface area contributed by atoms with Crippen LogP contribution in [0.3, 0.4) is 0 Å². The largest absolute Gasteiger partial charge is 0.306 e. The quantitative estimate of drug-likeness (QED) is 0.714. The Kier molecular flexibility index (Phi) is 6.52. The Morgan fingerprint density at radius 1 is 1.48 bits per heavy atom. The molecule has 0 unspecified atom stereocenters. The highest BCUT2D eigenvalue weighted by atomic mass is 32.2. The van der Waals surface area contributed by atoms with Gasteiger partial charge in [-0.25, -0.2) is 13.1 Å². The number of hydrogen-bond donors (Lipinski definition) is 1. The van der Waals surface area contributed by atoms with Crippen molar-refractivity contribution in [3.63, 3.8) is 0 Å². The Morgan fingerprint density at radius 2 is 2.26 bits per heavy atom. The molecule has 0 amide bonds. The first-order chi connectivity index (χ1) is 10.9. The van der Waals surface area contributed by atoms with Gasteiger partial charge in [0.25, 0.3) is 0 Å². The lowest BCUT2D eigenvalue weighted by Crippen LogP contribution is -2.32. The van der Waals surface area contributed by atoms with Crippen molar-refractivity contribution in [3.8, 4) is 0 Å². The zero-order valence-electron chi connectivity index (χ0n) is 14.3. The van der Waals surface area contributed by atoms with E-state index in [1.165, 1.54) is 18.2 Å². The third-order valence-corrected chi connectivity index (χ3v) is 5.16. The second-order valence-electron chi connectivity index (χ2n) is 6.54. The molecule has 0 saturated carbocycles. The summed E-state index contributed by atoms with van der Waals surface area (Å²) in [5.74, 6) is 0.581. The Labute approximate surface area is 139 Å². The Balaban J connectivity index is 1.83. The number of pyridine rings is 1. The van der Waals surface area contributed by atoms with Gasteiger partial charge < -0.3 is 4.90 Å². The third-order valence-electron chi connectivity index (χ3n) is 4.43. The van der Waals surface area contributed by atoms with Crippen LogP contribution in [0.2, 0.25) is 0 Å². The van der Waals surface area contributed by atoms with Crippen molar-refractivity contribution >= 4 is 10.0 Å². The maximum Gasteiger partial charge on any atom is 0.208 e. The molecule has 2 rings (SSSR count). The zero-order valence-corrected chi connectivity index (χ0v) is 15.1. The SMILES string of the molecule is CN(CCCNS(C)(=O)=O)C[C@@H]1CCN(C)[C@H]1c1cccnc1. The topological polar surface area (TPSA) is 65.5 Å². The van der Waals surface area contributed by atoms with Crippen molar-refractivity contribution < 1.29 is 8.42 Å². The summed E-state index contributed by atoms with van der Waals surface area (Å²) < 4.78 is 24.7. The van der Waals surface area contributed by atoms with Gasteiger partial charge in [0, 0.05) is 31.5 Å². The molecule has 6 nitrogen and oxygen atoms in total. The van der Waals surface area contributed by atoms with Crippen LogP contribution < -0.4 is 4.72 Å². The Morgan fingerprint density at radius 3 is 2.91 bits per heavy atom. The van der Waals surface area contributed by atoms with Gasteiger partial charge in [-0.15, -0.1) is 0 Å². The van der Waals surface area contributed by atoms with Gasteiger partial charge >= 0.3 is 0 Å². The standard InChI is InChI=1S/C16H28N4O2S/c1-19(10-5-9-18-23(3,21)22)13-15-7-11-20(2)16(15)14-6-4-8-17-12-14/h4,6,8,12,15-16,18H,5,7,9-11,13H2,1-3H3/t15-,16-/m0/s1. The van der Waals surface area contributed by atoms with Crippen LogP contribution in [-0.2, 0) is 10.0 Å². The Hall–Kier alpha value is -1.02. The first kappa shape index (κ1) is 18.3. The van der Waals surface area contributed by atoms with Gasteiger partial charge in [-0.1, -0.05) is 6.07 Å². The van der Waals surface area contributed by atoms with Crippen LogP contribution in [0.4, 0.5) is 0 Å². The molecule has 1 aliphatic rings. The lowest BCUT2D eigenvalue weighted by Gasteiger charge is -2.28. The summed E-state index contributed by atoms with van der Waals surface area (Å²) in [6, 6.07) is 4.57. The maximum atomic E-state index is 11.1. The van der Waals surface area contributed by atoms with Gasteiger partial charge in [-0.05, 0) is 57.6 Å². The maximum absolute atomic E-state index is 11.1. The summed E-state index contributed by atoms with van der Waals surface area (Å²) in [5.41, 5.74) is 1.28. The van der Waals surface area contributed by atoms with E-state index >= 15 is 0 Å². The highest BCUT2D eigenvalue weighted by molar-refractivity contribution is 7.88. The second-order valence-corrected chi connectivity index (χ2v) is 8.38. The van der Waals surface area contributed by atoms with Crippen LogP contribution in [0.15, 0.2) is 24.5 Å². The van der Waals surface area contributed by atoms with Crippen molar-refractivity contribution in [3.05, 3.63) is 30.1 Å². The van der Waals surface area contributed by atoms with Crippen LogP contribution in [0.1, 0.15) is 24.4 Å². The summed E-state index contributed by atoms with van der Waals surface area (Å²) in [5, 5.41) is 0. The highest BCUT2D eigenvalue weighted by Gasteiger charge is 2.33. The number of hydrogen-bond acceptors (Lipinski definition) is 5. The van der Waals surface area contributed by atoms with E-state index in [1.807, 2.05) is 18.5 Å². The summed E-state index contributed by atoms with van der Waals surface area (Å²) in [7, 11) is 1.21. The number of sulfonamides is 1. The van der Waals surface area contributed by atoms with E-state index in [9.17, 15) is 8.42 Å². The van der Waals surface area contributed by atoms with E-state index in [0.29, 0.717) is 18.5 Å². The van der Waals surface area contributed by atoms with Crippen molar-refractivity contribution in [1.82, 2.24) is 19.5 Å². The van der Waals surface area contributed by atoms with Gasteiger partial charge in [0.2, 0.25) is 10.0 Å². The monoisotopic (exact) mass is 340 g/mol. The summed E-state index contributed by atoms with van der Waals surface area (Å²) >= 11 is 0. The molecule has 130 valence electrons. The summed E-state index contributed by atoms with van der Waals surface area (Å²) in [4.78, 5) is 8.96. The second kappa shape index (κ2) is 8.19. The zero-order chi connectivity index (χ0) is 16.9. The molecular formula is C16H28N4O2S. The van der Waals surface area contributed by atoms with Crippen molar-refractivity contribution in [2.45, 2.75) is 18.9 Å². The van der Waals surface area contributed by atoms with E-state index in [1.54, 1.807) is 0 Å². The smallest absolute Gasteiger partial charge is 0.208 e. The van der Waals surface area contributed by atoms with Crippen molar-refractivity contribution in [2.24, 2.45) is 5.92 Å². The molecular weight excluding hydrogens is 312 g/mol. The lowest BCUT2D eigenvalue weighted by atomic mass is 9.94. The fourth-order valence-corrected chi connectivity index (χ4v) is 3.91. The average molecular weight is 340 g/mol. The lowest BCUT2D eigenvalue weighted by molar-refractivity contribution is 0.217. The number of rotatable bonds is 8. The van der Waals surface area contributed by atoms with Crippen molar-refractivity contribution in [2.75, 3.05) is 46.5 Å². The molecule has 1 aromatic rings. The van der Waals surface area contributed by atoms with Gasteiger partial charge in [0.15, 0.2) is 0 Å². The minimum absolute atomic E-state index is 0.417. The van der Waals surface area contributed by atoms with Gasteiger partial charge in [-0.2, -0.15) is 0 Å². The number of nitrogens with one attached hydrogen (secondary N) is 1. The molecule has 0 aliphatic carbocycles. The first-order valence-electron chi connectivity index (χ1n) is 8.10. The molecule has 0 aromatic carbocycles. The van der Waals surface area contributed by atoms with Gasteiger partial charge in [0.1, 0.15) is 0 Å². The number of likely N-dealkylation sites (tertiary alicyclic amines) is 1. The third kappa shape index (κ3) is 5.84. The van der Waals surface area contributed by atoms with E-state index in [-0.39, 0.29) is 0 Å². The van der Waals surface area contributed by atoms with E-state index in [0.717, 1.165) is 26.1 Å². The predicted molar refractivity (Wildman–Crippen MR) is 92.7 cm³/mol. The average Bonchev–Trinajstić information content (AvgIpc) is 2.84. The molecule has 1 saturated heterocycles. The molecule has 2 heterocycles. The molecule has 23 heavy (non-hydrogen) atoms. The van der Waals surface area contributed by atoms with E-state index < -0.39 is 10.0 Å². The van der Waals surface area contributed by atoms with E-state index in [4.69, 9.17) is 0 Å². The minimum atomic E-state index is -3.08. The van der Waals surface area contributed by atoms with Crippen LogP contribution in [0.5, 0.6) is 0 Å². The molecule has 2 atom stereocenters. The highest BCUT2D eigenvalue weighted by Crippen LogP contribution is 2.35. The normalized spacial score (nSPS) is 22.8. The van der Waals surface area contributed by atoms with Gasteiger partial charge in [0.05, 0.1) is 6.26 Å². The molecule has 0 radical (unpaired) electrons. The molecule has 0 bridgehead atoms. The van der Waals surface area contributed by atoms with Gasteiger partial charge in [-0.3, -0.25) is 9.88 Å². The van der Waals surface area contributed by atoms with Crippen LogP contribution in [0.25, 0.3) is 0 Å². The number of nitrogens with zero attached hydrogens (tertiary/aromatic N) is 3. The summed E-state index contributed by atoms with van der Waals surface area (Å²) in [6.07, 6.45) is 6.99. The molecule has 0 spiro atoms. The molecule has 1 fully saturated rings. The molecule has 1 aliphatic heterocycles. The van der Waals surface area contributed by atoms with Crippen molar-refractivity contribution in [1.29, 1.82) is 0 Å². The molecule has 1 N–H and O–H groups in total. The fourth-order valence-electron chi connectivity index (χ4n) is 3.39.